The van der Waals surface area contributed by atoms with Gasteiger partial charge in [-0.15, -0.1) is 6.42 Å². The Bertz CT molecular complexity index is 528. The topological polar surface area (TPSA) is 97.9 Å². The Morgan fingerprint density at radius 3 is 2.68 bits per heavy atom. The van der Waals surface area contributed by atoms with E-state index in [2.05, 4.69) is 21.9 Å². The summed E-state index contributed by atoms with van der Waals surface area (Å²) in [5.41, 5.74) is 0. The number of urea groups is 1. The highest BCUT2D eigenvalue weighted by molar-refractivity contribution is 8.00. The average molecular weight is 414 g/mol. The first-order chi connectivity index (χ1) is 13.7. The summed E-state index contributed by atoms with van der Waals surface area (Å²) >= 11 is 1.91. The van der Waals surface area contributed by atoms with Crippen molar-refractivity contribution in [2.24, 2.45) is 0 Å². The molecular formula is C19H31N3O5S. The maximum atomic E-state index is 11.8. The van der Waals surface area contributed by atoms with Crippen molar-refractivity contribution in [3.8, 4) is 12.3 Å². The zero-order valence-electron chi connectivity index (χ0n) is 16.2. The molecule has 0 aromatic carbocycles. The largest absolute Gasteiger partial charge is 0.377 e. The van der Waals surface area contributed by atoms with Crippen molar-refractivity contribution in [3.05, 3.63) is 0 Å². The number of rotatable bonds is 15. The van der Waals surface area contributed by atoms with Crippen molar-refractivity contribution in [3.63, 3.8) is 0 Å². The number of ether oxygens (including phenoxy) is 3. The van der Waals surface area contributed by atoms with E-state index < -0.39 is 0 Å². The molecule has 9 heteroatoms. The summed E-state index contributed by atoms with van der Waals surface area (Å²) in [4.78, 5) is 23.2. The first-order valence-electron chi connectivity index (χ1n) is 9.82. The smallest absolute Gasteiger partial charge is 0.315 e. The molecule has 8 nitrogen and oxygen atoms in total. The molecule has 0 bridgehead atoms. The van der Waals surface area contributed by atoms with Crippen LogP contribution in [0.25, 0.3) is 0 Å². The minimum Gasteiger partial charge on any atom is -0.377 e. The molecule has 0 aromatic rings. The van der Waals surface area contributed by atoms with Crippen LogP contribution < -0.4 is 16.0 Å². The van der Waals surface area contributed by atoms with Crippen molar-refractivity contribution in [1.29, 1.82) is 0 Å². The molecule has 0 saturated carbocycles. The van der Waals surface area contributed by atoms with Crippen LogP contribution in [0.3, 0.4) is 0 Å². The lowest BCUT2D eigenvalue weighted by molar-refractivity contribution is -0.121. The Hall–Kier alpha value is -1.47. The summed E-state index contributed by atoms with van der Waals surface area (Å²) in [7, 11) is 0. The van der Waals surface area contributed by atoms with E-state index in [0.29, 0.717) is 57.9 Å². The number of carbonyl (C=O) groups is 2. The lowest BCUT2D eigenvalue weighted by Crippen LogP contribution is -2.36. The summed E-state index contributed by atoms with van der Waals surface area (Å²) in [6.07, 6.45) is 8.46. The van der Waals surface area contributed by atoms with Crippen LogP contribution >= 0.6 is 11.8 Å². The van der Waals surface area contributed by atoms with Gasteiger partial charge in [-0.1, -0.05) is 12.3 Å². The lowest BCUT2D eigenvalue weighted by Gasteiger charge is -2.16. The van der Waals surface area contributed by atoms with E-state index in [1.54, 1.807) is 0 Å². The quantitative estimate of drug-likeness (QED) is 0.206. The van der Waals surface area contributed by atoms with E-state index in [1.165, 1.54) is 0 Å². The molecule has 3 amide bonds. The van der Waals surface area contributed by atoms with Gasteiger partial charge in [0.2, 0.25) is 5.91 Å². The highest BCUT2D eigenvalue weighted by atomic mass is 32.2. The summed E-state index contributed by atoms with van der Waals surface area (Å²) < 4.78 is 15.8. The van der Waals surface area contributed by atoms with Gasteiger partial charge in [-0.3, -0.25) is 4.79 Å². The van der Waals surface area contributed by atoms with Crippen LogP contribution in [0.15, 0.2) is 0 Å². The van der Waals surface area contributed by atoms with Gasteiger partial charge in [-0.05, 0) is 12.8 Å². The summed E-state index contributed by atoms with van der Waals surface area (Å²) in [6.45, 7) is 3.22. The molecule has 2 fully saturated rings. The van der Waals surface area contributed by atoms with E-state index in [0.717, 1.165) is 25.0 Å². The second-order valence-electron chi connectivity index (χ2n) is 6.70. The van der Waals surface area contributed by atoms with Gasteiger partial charge in [0.15, 0.2) is 0 Å². The molecule has 0 aromatic heterocycles. The Morgan fingerprint density at radius 1 is 1.14 bits per heavy atom. The molecule has 3 unspecified atom stereocenters. The summed E-state index contributed by atoms with van der Waals surface area (Å²) in [6, 6.07) is 0.448. The third kappa shape index (κ3) is 8.69. The van der Waals surface area contributed by atoms with E-state index in [1.807, 2.05) is 11.8 Å². The van der Waals surface area contributed by atoms with E-state index >= 15 is 0 Å². The average Bonchev–Trinajstić information content (AvgIpc) is 3.22. The van der Waals surface area contributed by atoms with Gasteiger partial charge in [0, 0.05) is 24.0 Å². The Morgan fingerprint density at radius 2 is 1.89 bits per heavy atom. The van der Waals surface area contributed by atoms with Gasteiger partial charge in [-0.25, -0.2) is 4.79 Å². The van der Waals surface area contributed by atoms with Crippen molar-refractivity contribution < 1.29 is 23.8 Å². The fourth-order valence-corrected chi connectivity index (χ4v) is 4.74. The SMILES string of the molecule is C#CCOCCOCCOCCNC(=O)CCCCC1SCC2NC(=O)NC21. The second-order valence-corrected chi connectivity index (χ2v) is 7.97. The minimum atomic E-state index is -0.0532. The highest BCUT2D eigenvalue weighted by Crippen LogP contribution is 2.33. The minimum absolute atomic E-state index is 0.0532. The Labute approximate surface area is 171 Å². The van der Waals surface area contributed by atoms with Crippen molar-refractivity contribution in [2.75, 3.05) is 51.9 Å². The number of terminal acetylenes is 1. The number of amides is 3. The van der Waals surface area contributed by atoms with Crippen LogP contribution in [0.4, 0.5) is 4.79 Å². The second kappa shape index (κ2) is 13.7. The van der Waals surface area contributed by atoms with Crippen molar-refractivity contribution in [2.45, 2.75) is 43.0 Å². The molecule has 2 aliphatic heterocycles. The molecule has 3 N–H and O–H groups in total. The number of nitrogens with one attached hydrogen (secondary N) is 3. The van der Waals surface area contributed by atoms with E-state index in [4.69, 9.17) is 20.6 Å². The molecule has 2 rings (SSSR count). The normalized spacial score (nSPS) is 23.0. The summed E-state index contributed by atoms with van der Waals surface area (Å²) in [5, 5.41) is 9.25. The fourth-order valence-electron chi connectivity index (χ4n) is 3.20. The maximum absolute atomic E-state index is 11.8. The number of hydrogen-bond donors (Lipinski definition) is 3. The number of thioether (sulfide) groups is 1. The molecule has 28 heavy (non-hydrogen) atoms. The molecule has 2 heterocycles. The molecule has 158 valence electrons. The van der Waals surface area contributed by atoms with Crippen molar-refractivity contribution in [1.82, 2.24) is 16.0 Å². The zero-order chi connectivity index (χ0) is 20.0. The third-order valence-electron chi connectivity index (χ3n) is 4.58. The Balaban J connectivity index is 1.35. The van der Waals surface area contributed by atoms with Gasteiger partial charge in [0.1, 0.15) is 6.61 Å². The van der Waals surface area contributed by atoms with Crippen LogP contribution in [-0.4, -0.2) is 81.2 Å². The predicted molar refractivity (Wildman–Crippen MR) is 108 cm³/mol. The van der Waals surface area contributed by atoms with Gasteiger partial charge in [-0.2, -0.15) is 11.8 Å². The highest BCUT2D eigenvalue weighted by Gasteiger charge is 2.42. The predicted octanol–water partition coefficient (Wildman–Crippen LogP) is 0.511. The molecular weight excluding hydrogens is 382 g/mol. The first-order valence-corrected chi connectivity index (χ1v) is 10.9. The van der Waals surface area contributed by atoms with Crippen LogP contribution in [-0.2, 0) is 19.0 Å². The van der Waals surface area contributed by atoms with E-state index in [-0.39, 0.29) is 24.0 Å². The number of hydrogen-bond acceptors (Lipinski definition) is 6. The molecule has 0 radical (unpaired) electrons. The Kier molecular flexibility index (Phi) is 11.1. The zero-order valence-corrected chi connectivity index (χ0v) is 17.1. The fraction of sp³-hybridized carbons (Fsp3) is 0.789. The molecule has 2 saturated heterocycles. The first kappa shape index (κ1) is 22.8. The van der Waals surface area contributed by atoms with E-state index in [9.17, 15) is 9.59 Å². The maximum Gasteiger partial charge on any atom is 0.315 e. The number of fused-ring (bicyclic) bond motifs is 1. The molecule has 2 aliphatic rings. The molecule has 3 atom stereocenters. The summed E-state index contributed by atoms with van der Waals surface area (Å²) in [5.74, 6) is 3.41. The van der Waals surface area contributed by atoms with Crippen LogP contribution in [0.5, 0.6) is 0 Å². The van der Waals surface area contributed by atoms with Crippen LogP contribution in [0.1, 0.15) is 25.7 Å². The number of carbonyl (C=O) groups excluding carboxylic acids is 2. The lowest BCUT2D eigenvalue weighted by atomic mass is 10.0. The van der Waals surface area contributed by atoms with Crippen LogP contribution in [0, 0.1) is 12.3 Å². The standard InChI is InChI=1S/C19H31N3O5S/c1-2-8-25-10-12-27-13-11-26-9-7-20-17(23)6-4-3-5-16-18-15(14-28-16)21-19(24)22-18/h1,15-16,18H,3-14H2,(H,20,23)(H2,21,22,24). The van der Waals surface area contributed by atoms with Gasteiger partial charge in [0.25, 0.3) is 0 Å². The van der Waals surface area contributed by atoms with Crippen molar-refractivity contribution >= 4 is 23.7 Å². The number of unbranched alkanes of at least 4 members (excludes halogenated alkanes) is 1. The molecule has 0 aliphatic carbocycles. The monoisotopic (exact) mass is 413 g/mol. The third-order valence-corrected chi connectivity index (χ3v) is 6.09. The van der Waals surface area contributed by atoms with Gasteiger partial charge < -0.3 is 30.2 Å². The van der Waals surface area contributed by atoms with Gasteiger partial charge in [0.05, 0.1) is 45.1 Å². The molecule has 0 spiro atoms. The van der Waals surface area contributed by atoms with Crippen LogP contribution in [0.2, 0.25) is 0 Å². The van der Waals surface area contributed by atoms with Gasteiger partial charge >= 0.3 is 6.03 Å².